The van der Waals surface area contributed by atoms with E-state index in [4.69, 9.17) is 5.11 Å². The molecule has 0 atom stereocenters. The quantitative estimate of drug-likeness (QED) is 0.733. The van der Waals surface area contributed by atoms with Crippen molar-refractivity contribution in [3.05, 3.63) is 17.5 Å². The van der Waals surface area contributed by atoms with Gasteiger partial charge in [0.2, 0.25) is 0 Å². The standard InChI is InChI=1S/C9H13N3O2/c1-4-7(9(13)14)6(2)8-5-12(3)11-10-8/h5H,4H2,1-3H3,(H,13,14)/b7-6-. The summed E-state index contributed by atoms with van der Waals surface area (Å²) in [6.45, 7) is 3.56. The third-order valence-corrected chi connectivity index (χ3v) is 2.05. The van der Waals surface area contributed by atoms with E-state index in [-0.39, 0.29) is 0 Å². The molecule has 1 rings (SSSR count). The van der Waals surface area contributed by atoms with E-state index < -0.39 is 5.97 Å². The van der Waals surface area contributed by atoms with Crippen molar-refractivity contribution in [2.75, 3.05) is 0 Å². The van der Waals surface area contributed by atoms with Crippen LogP contribution >= 0.6 is 0 Å². The Balaban J connectivity index is 3.13. The fourth-order valence-corrected chi connectivity index (χ4v) is 1.25. The predicted molar refractivity (Wildman–Crippen MR) is 51.5 cm³/mol. The molecule has 1 aromatic rings. The fourth-order valence-electron chi connectivity index (χ4n) is 1.25. The summed E-state index contributed by atoms with van der Waals surface area (Å²) in [5.74, 6) is -0.893. The van der Waals surface area contributed by atoms with Gasteiger partial charge in [0.1, 0.15) is 5.69 Å². The Labute approximate surface area is 82.0 Å². The molecule has 1 N–H and O–H groups in total. The van der Waals surface area contributed by atoms with Crippen LogP contribution in [-0.4, -0.2) is 26.1 Å². The lowest BCUT2D eigenvalue weighted by Gasteiger charge is -2.01. The molecule has 0 spiro atoms. The second-order valence-corrected chi connectivity index (χ2v) is 3.04. The minimum absolute atomic E-state index is 0.380. The highest BCUT2D eigenvalue weighted by Crippen LogP contribution is 2.17. The highest BCUT2D eigenvalue weighted by Gasteiger charge is 2.12. The molecule has 0 unspecified atom stereocenters. The summed E-state index contributed by atoms with van der Waals surface area (Å²) in [6.07, 6.45) is 2.19. The molecule has 14 heavy (non-hydrogen) atoms. The van der Waals surface area contributed by atoms with E-state index >= 15 is 0 Å². The van der Waals surface area contributed by atoms with Gasteiger partial charge in [0, 0.05) is 12.6 Å². The average Bonchev–Trinajstić information content (AvgIpc) is 2.52. The molecule has 0 fully saturated rings. The van der Waals surface area contributed by atoms with Crippen LogP contribution in [0.2, 0.25) is 0 Å². The molecule has 0 radical (unpaired) electrons. The van der Waals surface area contributed by atoms with Gasteiger partial charge in [-0.15, -0.1) is 5.10 Å². The number of aryl methyl sites for hydroxylation is 1. The van der Waals surface area contributed by atoms with E-state index in [1.807, 2.05) is 6.92 Å². The van der Waals surface area contributed by atoms with E-state index in [9.17, 15) is 4.79 Å². The van der Waals surface area contributed by atoms with Crippen LogP contribution in [0, 0.1) is 0 Å². The van der Waals surface area contributed by atoms with Crippen LogP contribution in [0.4, 0.5) is 0 Å². The summed E-state index contributed by atoms with van der Waals surface area (Å²) in [5, 5.41) is 16.5. The molecule has 0 aromatic carbocycles. The molecule has 5 nitrogen and oxygen atoms in total. The Morgan fingerprint density at radius 2 is 2.29 bits per heavy atom. The molecular weight excluding hydrogens is 182 g/mol. The summed E-state index contributed by atoms with van der Waals surface area (Å²) in [4.78, 5) is 10.8. The largest absolute Gasteiger partial charge is 0.478 e. The van der Waals surface area contributed by atoms with Gasteiger partial charge in [-0.3, -0.25) is 4.68 Å². The first-order chi connectivity index (χ1) is 6.56. The lowest BCUT2D eigenvalue weighted by Crippen LogP contribution is -2.02. The fraction of sp³-hybridized carbons (Fsp3) is 0.444. The summed E-state index contributed by atoms with van der Waals surface area (Å²) in [6, 6.07) is 0. The average molecular weight is 195 g/mol. The molecular formula is C9H13N3O2. The normalized spacial score (nSPS) is 12.5. The van der Waals surface area contributed by atoms with Gasteiger partial charge in [-0.05, 0) is 18.9 Å². The Morgan fingerprint density at radius 3 is 2.64 bits per heavy atom. The third kappa shape index (κ3) is 1.99. The molecule has 5 heteroatoms. The Hall–Kier alpha value is -1.65. The lowest BCUT2D eigenvalue weighted by atomic mass is 10.1. The summed E-state index contributed by atoms with van der Waals surface area (Å²) in [5.41, 5.74) is 1.67. The number of carbonyl (C=O) groups is 1. The molecule has 0 amide bonds. The number of carboxylic acids is 1. The van der Waals surface area contributed by atoms with E-state index in [0.29, 0.717) is 23.3 Å². The third-order valence-electron chi connectivity index (χ3n) is 2.05. The zero-order chi connectivity index (χ0) is 10.7. The number of hydrogen-bond donors (Lipinski definition) is 1. The van der Waals surface area contributed by atoms with Gasteiger partial charge in [-0.25, -0.2) is 4.79 Å². The van der Waals surface area contributed by atoms with Crippen molar-refractivity contribution in [1.29, 1.82) is 0 Å². The molecule has 0 saturated heterocycles. The van der Waals surface area contributed by atoms with Crippen LogP contribution < -0.4 is 0 Å². The van der Waals surface area contributed by atoms with Crippen LogP contribution in [0.1, 0.15) is 26.0 Å². The monoisotopic (exact) mass is 195 g/mol. The van der Waals surface area contributed by atoms with Crippen LogP contribution in [0.5, 0.6) is 0 Å². The number of carboxylic acid groups (broad SMARTS) is 1. The van der Waals surface area contributed by atoms with Crippen molar-refractivity contribution < 1.29 is 9.90 Å². The van der Waals surface area contributed by atoms with E-state index in [1.165, 1.54) is 0 Å². The maximum Gasteiger partial charge on any atom is 0.331 e. The first kappa shape index (κ1) is 10.4. The number of aromatic nitrogens is 3. The topological polar surface area (TPSA) is 68.0 Å². The second kappa shape index (κ2) is 4.04. The molecule has 0 aliphatic heterocycles. The second-order valence-electron chi connectivity index (χ2n) is 3.04. The summed E-state index contributed by atoms with van der Waals surface area (Å²) in [7, 11) is 1.75. The molecule has 1 aromatic heterocycles. The molecule has 0 saturated carbocycles. The Kier molecular flexibility index (Phi) is 3.01. The minimum Gasteiger partial charge on any atom is -0.478 e. The van der Waals surface area contributed by atoms with Crippen LogP contribution in [-0.2, 0) is 11.8 Å². The van der Waals surface area contributed by atoms with E-state index in [1.54, 1.807) is 24.9 Å². The Bertz CT molecular complexity index is 379. The maximum absolute atomic E-state index is 10.8. The zero-order valence-corrected chi connectivity index (χ0v) is 8.48. The maximum atomic E-state index is 10.8. The summed E-state index contributed by atoms with van der Waals surface area (Å²) < 4.78 is 1.55. The first-order valence-electron chi connectivity index (χ1n) is 4.36. The van der Waals surface area contributed by atoms with Crippen molar-refractivity contribution in [3.63, 3.8) is 0 Å². The van der Waals surface area contributed by atoms with Gasteiger partial charge in [0.25, 0.3) is 0 Å². The van der Waals surface area contributed by atoms with E-state index in [0.717, 1.165) is 0 Å². The van der Waals surface area contributed by atoms with Gasteiger partial charge < -0.3 is 5.11 Å². The number of nitrogens with zero attached hydrogens (tertiary/aromatic N) is 3. The lowest BCUT2D eigenvalue weighted by molar-refractivity contribution is -0.132. The van der Waals surface area contributed by atoms with E-state index in [2.05, 4.69) is 10.3 Å². The number of hydrogen-bond acceptors (Lipinski definition) is 3. The molecule has 76 valence electrons. The van der Waals surface area contributed by atoms with Gasteiger partial charge in [-0.1, -0.05) is 12.1 Å². The van der Waals surface area contributed by atoms with Crippen molar-refractivity contribution in [2.24, 2.45) is 7.05 Å². The molecule has 1 heterocycles. The van der Waals surface area contributed by atoms with Gasteiger partial charge in [-0.2, -0.15) is 0 Å². The van der Waals surface area contributed by atoms with Crippen LogP contribution in [0.25, 0.3) is 5.57 Å². The first-order valence-corrected chi connectivity index (χ1v) is 4.36. The highest BCUT2D eigenvalue weighted by molar-refractivity contribution is 5.95. The molecule has 0 aliphatic carbocycles. The van der Waals surface area contributed by atoms with Crippen LogP contribution in [0.3, 0.4) is 0 Å². The molecule has 0 bridgehead atoms. The van der Waals surface area contributed by atoms with Crippen LogP contribution in [0.15, 0.2) is 11.8 Å². The smallest absolute Gasteiger partial charge is 0.331 e. The SMILES string of the molecule is CC/C(C(=O)O)=C(\C)c1cn(C)nn1. The van der Waals surface area contributed by atoms with Gasteiger partial charge >= 0.3 is 5.97 Å². The number of rotatable bonds is 3. The van der Waals surface area contributed by atoms with Crippen molar-refractivity contribution >= 4 is 11.5 Å². The van der Waals surface area contributed by atoms with Gasteiger partial charge in [0.15, 0.2) is 0 Å². The number of aliphatic carboxylic acids is 1. The highest BCUT2D eigenvalue weighted by atomic mass is 16.4. The Morgan fingerprint density at radius 1 is 1.64 bits per heavy atom. The van der Waals surface area contributed by atoms with Crippen molar-refractivity contribution in [2.45, 2.75) is 20.3 Å². The number of allylic oxidation sites excluding steroid dienone is 1. The predicted octanol–water partition coefficient (Wildman–Crippen LogP) is 1.08. The van der Waals surface area contributed by atoms with Gasteiger partial charge in [0.05, 0.1) is 6.20 Å². The summed E-state index contributed by atoms with van der Waals surface area (Å²) >= 11 is 0. The van der Waals surface area contributed by atoms with Crippen molar-refractivity contribution in [3.8, 4) is 0 Å². The zero-order valence-electron chi connectivity index (χ0n) is 8.48. The van der Waals surface area contributed by atoms with Crippen molar-refractivity contribution in [1.82, 2.24) is 15.0 Å². The molecule has 0 aliphatic rings. The minimum atomic E-state index is -0.893.